The third kappa shape index (κ3) is 5.36. The van der Waals surface area contributed by atoms with Crippen molar-refractivity contribution in [3.63, 3.8) is 0 Å². The second-order valence-electron chi connectivity index (χ2n) is 6.08. The highest BCUT2D eigenvalue weighted by Crippen LogP contribution is 2.20. The van der Waals surface area contributed by atoms with Crippen LogP contribution < -0.4 is 10.6 Å². The first-order valence-corrected chi connectivity index (χ1v) is 9.71. The molecule has 0 saturated heterocycles. The fourth-order valence-corrected chi connectivity index (χ4v) is 3.23. The summed E-state index contributed by atoms with van der Waals surface area (Å²) < 4.78 is 4.96. The van der Waals surface area contributed by atoms with E-state index in [1.165, 1.54) is 12.3 Å². The Hall–Kier alpha value is -3.85. The maximum absolute atomic E-state index is 12.7. The van der Waals surface area contributed by atoms with E-state index in [2.05, 4.69) is 15.6 Å². The van der Waals surface area contributed by atoms with Gasteiger partial charge in [-0.2, -0.15) is 0 Å². The van der Waals surface area contributed by atoms with E-state index in [-0.39, 0.29) is 22.5 Å². The van der Waals surface area contributed by atoms with Gasteiger partial charge in [0.05, 0.1) is 5.69 Å². The van der Waals surface area contributed by atoms with Crippen LogP contribution >= 0.6 is 11.3 Å². The van der Waals surface area contributed by atoms with Crippen molar-refractivity contribution >= 4 is 45.7 Å². The van der Waals surface area contributed by atoms with Gasteiger partial charge in [-0.05, 0) is 12.1 Å². The Balaban J connectivity index is 1.61. The van der Waals surface area contributed by atoms with Gasteiger partial charge in [0.15, 0.2) is 23.2 Å². The lowest BCUT2D eigenvalue weighted by Crippen LogP contribution is -2.22. The number of esters is 1. The van der Waals surface area contributed by atoms with E-state index in [1.54, 1.807) is 54.6 Å². The van der Waals surface area contributed by atoms with Crippen molar-refractivity contribution in [2.24, 2.45) is 0 Å². The van der Waals surface area contributed by atoms with Gasteiger partial charge in [0.1, 0.15) is 0 Å². The van der Waals surface area contributed by atoms with E-state index >= 15 is 0 Å². The molecule has 0 fully saturated rings. The number of carbonyl (C=O) groups excluding carboxylic acids is 4. The smallest absolute Gasteiger partial charge is 0.358 e. The molecular weight excluding hydrogens is 406 g/mol. The monoisotopic (exact) mass is 423 g/mol. The molecule has 1 heterocycles. The zero-order chi connectivity index (χ0) is 21.5. The lowest BCUT2D eigenvalue weighted by atomic mass is 10.0. The number of hydrogen-bond acceptors (Lipinski definition) is 7. The standard InChI is InChI=1S/C21H17N3O5S/c1-13(25)22-21-24-17(12-30-21)20(28)29-11-18(26)23-16-10-6-5-9-15(16)19(27)14-7-3-2-4-8-14/h2-10,12H,11H2,1H3,(H,23,26)(H,22,24,25). The van der Waals surface area contributed by atoms with E-state index in [1.807, 2.05) is 0 Å². The maximum Gasteiger partial charge on any atom is 0.358 e. The van der Waals surface area contributed by atoms with Crippen LogP contribution in [-0.4, -0.2) is 35.2 Å². The van der Waals surface area contributed by atoms with Gasteiger partial charge >= 0.3 is 5.97 Å². The molecule has 152 valence electrons. The first-order chi connectivity index (χ1) is 14.4. The molecule has 0 saturated carbocycles. The largest absolute Gasteiger partial charge is 0.451 e. The Bertz CT molecular complexity index is 1090. The molecule has 0 unspecified atom stereocenters. The van der Waals surface area contributed by atoms with Crippen LogP contribution in [-0.2, 0) is 14.3 Å². The normalized spacial score (nSPS) is 10.2. The summed E-state index contributed by atoms with van der Waals surface area (Å²) in [5, 5.41) is 6.72. The zero-order valence-electron chi connectivity index (χ0n) is 15.9. The number of amides is 2. The number of aromatic nitrogens is 1. The van der Waals surface area contributed by atoms with Crippen LogP contribution in [0.3, 0.4) is 0 Å². The molecule has 0 radical (unpaired) electrons. The van der Waals surface area contributed by atoms with Crippen LogP contribution in [0.5, 0.6) is 0 Å². The number of rotatable bonds is 7. The number of nitrogens with zero attached hydrogens (tertiary/aromatic N) is 1. The molecule has 2 N–H and O–H groups in total. The second kappa shape index (κ2) is 9.57. The van der Waals surface area contributed by atoms with Crippen LogP contribution in [0.4, 0.5) is 10.8 Å². The van der Waals surface area contributed by atoms with Gasteiger partial charge in [-0.15, -0.1) is 11.3 Å². The van der Waals surface area contributed by atoms with E-state index < -0.39 is 18.5 Å². The summed E-state index contributed by atoms with van der Waals surface area (Å²) in [6.07, 6.45) is 0. The predicted octanol–water partition coefficient (Wildman–Crippen LogP) is 3.13. The minimum Gasteiger partial charge on any atom is -0.451 e. The average Bonchev–Trinajstić information content (AvgIpc) is 3.20. The van der Waals surface area contributed by atoms with E-state index in [4.69, 9.17) is 4.74 Å². The summed E-state index contributed by atoms with van der Waals surface area (Å²) >= 11 is 1.06. The highest BCUT2D eigenvalue weighted by atomic mass is 32.1. The van der Waals surface area contributed by atoms with E-state index in [0.29, 0.717) is 16.8 Å². The number of carbonyl (C=O) groups is 4. The van der Waals surface area contributed by atoms with Crippen molar-refractivity contribution in [1.82, 2.24) is 4.98 Å². The minimum absolute atomic E-state index is 0.0174. The third-order valence-electron chi connectivity index (χ3n) is 3.81. The molecule has 9 heteroatoms. The topological polar surface area (TPSA) is 114 Å². The summed E-state index contributed by atoms with van der Waals surface area (Å²) in [6.45, 7) is 0.768. The second-order valence-corrected chi connectivity index (χ2v) is 6.94. The molecule has 3 aromatic rings. The van der Waals surface area contributed by atoms with Gasteiger partial charge in [-0.1, -0.05) is 42.5 Å². The van der Waals surface area contributed by atoms with E-state index in [0.717, 1.165) is 11.3 Å². The van der Waals surface area contributed by atoms with Crippen LogP contribution in [0.15, 0.2) is 60.0 Å². The molecule has 0 atom stereocenters. The van der Waals surface area contributed by atoms with Gasteiger partial charge in [-0.3, -0.25) is 14.4 Å². The molecule has 3 rings (SSSR count). The van der Waals surface area contributed by atoms with Crippen LogP contribution in [0.2, 0.25) is 0 Å². The van der Waals surface area contributed by atoms with Crippen molar-refractivity contribution in [2.75, 3.05) is 17.2 Å². The molecule has 2 amide bonds. The summed E-state index contributed by atoms with van der Waals surface area (Å²) in [6, 6.07) is 15.3. The number of anilines is 2. The first-order valence-electron chi connectivity index (χ1n) is 8.83. The van der Waals surface area contributed by atoms with Crippen molar-refractivity contribution in [3.8, 4) is 0 Å². The lowest BCUT2D eigenvalue weighted by Gasteiger charge is -2.10. The Morgan fingerprint density at radius 2 is 1.67 bits per heavy atom. The van der Waals surface area contributed by atoms with Gasteiger partial charge < -0.3 is 15.4 Å². The van der Waals surface area contributed by atoms with Crippen LogP contribution in [0.25, 0.3) is 0 Å². The quantitative estimate of drug-likeness (QED) is 0.446. The maximum atomic E-state index is 12.7. The van der Waals surface area contributed by atoms with Crippen molar-refractivity contribution in [3.05, 3.63) is 76.8 Å². The fourth-order valence-electron chi connectivity index (χ4n) is 2.50. The van der Waals surface area contributed by atoms with Gasteiger partial charge in [0.2, 0.25) is 5.91 Å². The molecule has 0 aliphatic heterocycles. The summed E-state index contributed by atoms with van der Waals surface area (Å²) in [4.78, 5) is 51.9. The van der Waals surface area contributed by atoms with Crippen molar-refractivity contribution < 1.29 is 23.9 Å². The molecule has 0 bridgehead atoms. The SMILES string of the molecule is CC(=O)Nc1nc(C(=O)OCC(=O)Nc2ccccc2C(=O)c2ccccc2)cs1. The molecule has 30 heavy (non-hydrogen) atoms. The molecule has 0 aliphatic rings. The Morgan fingerprint density at radius 1 is 0.967 bits per heavy atom. The summed E-state index contributed by atoms with van der Waals surface area (Å²) in [7, 11) is 0. The van der Waals surface area contributed by atoms with Gasteiger partial charge in [0.25, 0.3) is 5.91 Å². The third-order valence-corrected chi connectivity index (χ3v) is 4.57. The molecular formula is C21H17N3O5S. The lowest BCUT2D eigenvalue weighted by molar-refractivity contribution is -0.119. The fraction of sp³-hybridized carbons (Fsp3) is 0.0952. The minimum atomic E-state index is -0.799. The Labute approximate surface area is 175 Å². The molecule has 1 aromatic heterocycles. The van der Waals surface area contributed by atoms with Crippen LogP contribution in [0, 0.1) is 0 Å². The number of ketones is 1. The molecule has 0 spiro atoms. The summed E-state index contributed by atoms with van der Waals surface area (Å²) in [5.74, 6) is -1.95. The highest BCUT2D eigenvalue weighted by molar-refractivity contribution is 7.14. The predicted molar refractivity (Wildman–Crippen MR) is 112 cm³/mol. The average molecular weight is 423 g/mol. The van der Waals surface area contributed by atoms with Gasteiger partial charge in [0, 0.05) is 23.4 Å². The van der Waals surface area contributed by atoms with Crippen molar-refractivity contribution in [1.29, 1.82) is 0 Å². The number of benzene rings is 2. The highest BCUT2D eigenvalue weighted by Gasteiger charge is 2.17. The van der Waals surface area contributed by atoms with Crippen LogP contribution in [0.1, 0.15) is 33.3 Å². The molecule has 2 aromatic carbocycles. The number of para-hydroxylation sites is 1. The number of hydrogen-bond donors (Lipinski definition) is 2. The van der Waals surface area contributed by atoms with Gasteiger partial charge in [-0.25, -0.2) is 9.78 Å². The Kier molecular flexibility index (Phi) is 6.66. The zero-order valence-corrected chi connectivity index (χ0v) is 16.7. The number of nitrogens with one attached hydrogen (secondary N) is 2. The molecule has 0 aliphatic carbocycles. The first kappa shape index (κ1) is 20.9. The van der Waals surface area contributed by atoms with Crippen molar-refractivity contribution in [2.45, 2.75) is 6.92 Å². The van der Waals surface area contributed by atoms with E-state index in [9.17, 15) is 19.2 Å². The number of ether oxygens (including phenoxy) is 1. The summed E-state index contributed by atoms with van der Waals surface area (Å²) in [5.41, 5.74) is 1.11. The number of thiazole rings is 1. The Morgan fingerprint density at radius 3 is 2.40 bits per heavy atom. The molecule has 8 nitrogen and oxygen atoms in total.